The molecule has 11 heteroatoms. The van der Waals surface area contributed by atoms with Gasteiger partial charge in [-0.25, -0.2) is 28.8 Å². The monoisotopic (exact) mass is 481 g/mol. The summed E-state index contributed by atoms with van der Waals surface area (Å²) in [6.45, 7) is 1.88. The van der Waals surface area contributed by atoms with E-state index in [2.05, 4.69) is 35.5 Å². The number of hydrogen-bond donors (Lipinski definition) is 1. The fourth-order valence-corrected chi connectivity index (χ4v) is 4.02. The van der Waals surface area contributed by atoms with E-state index >= 15 is 4.39 Å². The number of pyridine rings is 1. The molecule has 0 aliphatic rings. The van der Waals surface area contributed by atoms with Crippen LogP contribution in [0.1, 0.15) is 18.9 Å². The standard InChI is InChI=1S/C25H20FN9O/c1-15(24-27-6-3-7-28-24)36-22-11-18-20(10-17(22)16-12-32-34(2)13-16)29-14-30-25(18)33-19-5-9-35-21(23(19)26)4-8-31-35/h3-15H,1-2H3,(H,29,30,33)/t15-/m1/s1. The molecule has 0 saturated heterocycles. The molecule has 0 fully saturated rings. The summed E-state index contributed by atoms with van der Waals surface area (Å²) in [5, 5.41) is 12.1. The highest BCUT2D eigenvalue weighted by molar-refractivity contribution is 5.95. The zero-order chi connectivity index (χ0) is 24.6. The molecular formula is C25H20FN9O. The van der Waals surface area contributed by atoms with Gasteiger partial charge in [0.2, 0.25) is 0 Å². The van der Waals surface area contributed by atoms with Crippen LogP contribution in [0.2, 0.25) is 0 Å². The van der Waals surface area contributed by atoms with Gasteiger partial charge in [-0.15, -0.1) is 0 Å². The highest BCUT2D eigenvalue weighted by Crippen LogP contribution is 2.38. The highest BCUT2D eigenvalue weighted by atomic mass is 19.1. The fraction of sp³-hybridized carbons (Fsp3) is 0.120. The van der Waals surface area contributed by atoms with E-state index in [1.807, 2.05) is 32.3 Å². The number of rotatable bonds is 6. The number of nitrogens with zero attached hydrogens (tertiary/aromatic N) is 8. The van der Waals surface area contributed by atoms with Gasteiger partial charge in [-0.2, -0.15) is 10.2 Å². The number of anilines is 2. The molecule has 1 atom stereocenters. The predicted octanol–water partition coefficient (Wildman–Crippen LogP) is 4.49. The molecule has 178 valence electrons. The average molecular weight is 481 g/mol. The summed E-state index contributed by atoms with van der Waals surface area (Å²) < 4.78 is 24.6. The number of benzene rings is 1. The molecule has 0 aliphatic heterocycles. The lowest BCUT2D eigenvalue weighted by Crippen LogP contribution is -2.08. The third-order valence-corrected chi connectivity index (χ3v) is 5.77. The first kappa shape index (κ1) is 21.6. The summed E-state index contributed by atoms with van der Waals surface area (Å²) in [4.78, 5) is 17.5. The van der Waals surface area contributed by atoms with E-state index in [1.165, 1.54) is 10.8 Å². The van der Waals surface area contributed by atoms with E-state index in [0.29, 0.717) is 33.8 Å². The van der Waals surface area contributed by atoms with Gasteiger partial charge in [0.25, 0.3) is 0 Å². The van der Waals surface area contributed by atoms with Crippen molar-refractivity contribution in [1.29, 1.82) is 0 Å². The molecular weight excluding hydrogens is 461 g/mol. The van der Waals surface area contributed by atoms with Crippen LogP contribution in [0.25, 0.3) is 27.5 Å². The smallest absolute Gasteiger partial charge is 0.172 e. The van der Waals surface area contributed by atoms with Crippen molar-refractivity contribution in [1.82, 2.24) is 39.3 Å². The molecule has 5 heterocycles. The topological polar surface area (TPSA) is 108 Å². The van der Waals surface area contributed by atoms with Crippen molar-refractivity contribution >= 4 is 27.9 Å². The van der Waals surface area contributed by atoms with E-state index in [1.54, 1.807) is 53.9 Å². The van der Waals surface area contributed by atoms with Crippen LogP contribution in [0, 0.1) is 5.82 Å². The number of ether oxygens (including phenoxy) is 1. The average Bonchev–Trinajstić information content (AvgIpc) is 3.55. The number of aryl methyl sites for hydroxylation is 1. The third kappa shape index (κ3) is 3.86. The van der Waals surface area contributed by atoms with Gasteiger partial charge in [-0.05, 0) is 37.3 Å². The summed E-state index contributed by atoms with van der Waals surface area (Å²) in [7, 11) is 1.85. The Balaban J connectivity index is 1.46. The van der Waals surface area contributed by atoms with E-state index in [4.69, 9.17) is 4.74 Å². The summed E-state index contributed by atoms with van der Waals surface area (Å²) in [6.07, 6.45) is 11.2. The van der Waals surface area contributed by atoms with Crippen molar-refractivity contribution in [2.45, 2.75) is 13.0 Å². The lowest BCUT2D eigenvalue weighted by atomic mass is 10.1. The quantitative estimate of drug-likeness (QED) is 0.371. The molecule has 0 bridgehead atoms. The fourth-order valence-electron chi connectivity index (χ4n) is 4.02. The lowest BCUT2D eigenvalue weighted by Gasteiger charge is -2.18. The summed E-state index contributed by atoms with van der Waals surface area (Å²) in [5.41, 5.74) is 2.95. The maximum atomic E-state index is 15.1. The Morgan fingerprint density at radius 1 is 1.03 bits per heavy atom. The molecule has 1 aromatic carbocycles. The Kier molecular flexibility index (Phi) is 5.21. The minimum Gasteiger partial charge on any atom is -0.482 e. The maximum Gasteiger partial charge on any atom is 0.172 e. The number of nitrogens with one attached hydrogen (secondary N) is 1. The van der Waals surface area contributed by atoms with Crippen molar-refractivity contribution in [3.8, 4) is 16.9 Å². The van der Waals surface area contributed by atoms with Gasteiger partial charge >= 0.3 is 0 Å². The molecule has 0 spiro atoms. The molecule has 0 unspecified atom stereocenters. The molecule has 0 amide bonds. The molecule has 0 saturated carbocycles. The van der Waals surface area contributed by atoms with Crippen LogP contribution in [-0.4, -0.2) is 39.3 Å². The van der Waals surface area contributed by atoms with Crippen molar-refractivity contribution in [3.05, 3.63) is 85.5 Å². The SMILES string of the molecule is C[C@@H](Oc1cc2c(Nc3ccn4nccc4c3F)ncnc2cc1-c1cnn(C)c1)c1ncccn1. The van der Waals surface area contributed by atoms with Crippen molar-refractivity contribution in [2.24, 2.45) is 7.05 Å². The van der Waals surface area contributed by atoms with Gasteiger partial charge in [0, 0.05) is 48.3 Å². The molecule has 10 nitrogen and oxygen atoms in total. The lowest BCUT2D eigenvalue weighted by molar-refractivity contribution is 0.217. The Hall–Kier alpha value is -4.93. The zero-order valence-electron chi connectivity index (χ0n) is 19.4. The molecule has 6 aromatic rings. The second-order valence-electron chi connectivity index (χ2n) is 8.19. The van der Waals surface area contributed by atoms with Crippen LogP contribution < -0.4 is 10.1 Å². The van der Waals surface area contributed by atoms with Crippen LogP contribution in [0.5, 0.6) is 5.75 Å². The Morgan fingerprint density at radius 3 is 2.69 bits per heavy atom. The van der Waals surface area contributed by atoms with Gasteiger partial charge in [0.1, 0.15) is 23.4 Å². The molecule has 1 N–H and O–H groups in total. The van der Waals surface area contributed by atoms with Crippen molar-refractivity contribution < 1.29 is 9.13 Å². The van der Waals surface area contributed by atoms with Crippen LogP contribution in [0.3, 0.4) is 0 Å². The first-order chi connectivity index (χ1) is 17.6. The third-order valence-electron chi connectivity index (χ3n) is 5.77. The van der Waals surface area contributed by atoms with Crippen LogP contribution in [-0.2, 0) is 7.05 Å². The van der Waals surface area contributed by atoms with Crippen LogP contribution >= 0.6 is 0 Å². The van der Waals surface area contributed by atoms with Crippen molar-refractivity contribution in [2.75, 3.05) is 5.32 Å². The Labute approximate surface area is 204 Å². The second-order valence-corrected chi connectivity index (χ2v) is 8.19. The predicted molar refractivity (Wildman–Crippen MR) is 131 cm³/mol. The first-order valence-electron chi connectivity index (χ1n) is 11.2. The van der Waals surface area contributed by atoms with Gasteiger partial charge in [0.15, 0.2) is 17.7 Å². The largest absolute Gasteiger partial charge is 0.482 e. The highest BCUT2D eigenvalue weighted by Gasteiger charge is 2.19. The van der Waals surface area contributed by atoms with Crippen molar-refractivity contribution in [3.63, 3.8) is 0 Å². The number of aromatic nitrogens is 8. The summed E-state index contributed by atoms with van der Waals surface area (Å²) in [5.74, 6) is 1.13. The van der Waals surface area contributed by atoms with E-state index in [9.17, 15) is 0 Å². The summed E-state index contributed by atoms with van der Waals surface area (Å²) >= 11 is 0. The van der Waals surface area contributed by atoms with Gasteiger partial charge in [-0.3, -0.25) is 4.68 Å². The van der Waals surface area contributed by atoms with E-state index < -0.39 is 11.9 Å². The van der Waals surface area contributed by atoms with E-state index in [0.717, 1.165) is 11.1 Å². The zero-order valence-corrected chi connectivity index (χ0v) is 19.4. The Morgan fingerprint density at radius 2 is 1.89 bits per heavy atom. The molecule has 5 aromatic heterocycles. The number of halogens is 1. The van der Waals surface area contributed by atoms with Crippen LogP contribution in [0.15, 0.2) is 73.8 Å². The van der Waals surface area contributed by atoms with Crippen LogP contribution in [0.4, 0.5) is 15.9 Å². The first-order valence-corrected chi connectivity index (χ1v) is 11.2. The minimum atomic E-state index is -0.430. The Bertz CT molecular complexity index is 1700. The summed E-state index contributed by atoms with van der Waals surface area (Å²) in [6, 6.07) is 8.72. The maximum absolute atomic E-state index is 15.1. The second kappa shape index (κ2) is 8.69. The normalized spacial score (nSPS) is 12.2. The molecule has 0 radical (unpaired) electrons. The molecule has 0 aliphatic carbocycles. The van der Waals surface area contributed by atoms with Gasteiger partial charge in [-0.1, -0.05) is 0 Å². The van der Waals surface area contributed by atoms with Gasteiger partial charge < -0.3 is 10.1 Å². The molecule has 36 heavy (non-hydrogen) atoms. The molecule has 6 rings (SSSR count). The van der Waals surface area contributed by atoms with Gasteiger partial charge in [0.05, 0.1) is 23.6 Å². The minimum absolute atomic E-state index is 0.271. The van der Waals surface area contributed by atoms with E-state index in [-0.39, 0.29) is 5.69 Å². The number of fused-ring (bicyclic) bond motifs is 2. The number of hydrogen-bond acceptors (Lipinski definition) is 8.